The van der Waals surface area contributed by atoms with E-state index in [-0.39, 0.29) is 19.4 Å². The number of carboxylic acid groups (broad SMARTS) is 2. The first-order chi connectivity index (χ1) is 13.8. The molecule has 4 N–H and O–H groups in total. The third-order valence-corrected chi connectivity index (χ3v) is 5.13. The van der Waals surface area contributed by atoms with Crippen LogP contribution < -0.4 is 10.6 Å². The van der Waals surface area contributed by atoms with E-state index < -0.39 is 66.6 Å². The highest BCUT2D eigenvalue weighted by molar-refractivity contribution is 5.66. The molecule has 6 nitrogen and oxygen atoms in total. The van der Waals surface area contributed by atoms with E-state index in [4.69, 9.17) is 10.2 Å². The number of halogens is 8. The van der Waals surface area contributed by atoms with Gasteiger partial charge in [0.2, 0.25) is 0 Å². The van der Waals surface area contributed by atoms with Gasteiger partial charge in [0.25, 0.3) is 0 Å². The van der Waals surface area contributed by atoms with Gasteiger partial charge in [0, 0.05) is 19.4 Å². The minimum Gasteiger partial charge on any atom is -0.465 e. The number of nitrogens with one attached hydrogen (secondary N) is 2. The average molecular weight is 474 g/mol. The molecule has 0 aliphatic heterocycles. The molecule has 2 amide bonds. The second kappa shape index (κ2) is 10.5. The molecular weight excluding hydrogens is 448 g/mol. The van der Waals surface area contributed by atoms with Gasteiger partial charge in [0.1, 0.15) is 0 Å². The van der Waals surface area contributed by atoms with Crippen LogP contribution in [0.3, 0.4) is 0 Å². The van der Waals surface area contributed by atoms with Crippen molar-refractivity contribution in [2.24, 2.45) is 11.3 Å². The molecule has 0 radical (unpaired) electrons. The van der Waals surface area contributed by atoms with Gasteiger partial charge in [0.05, 0.1) is 5.54 Å². The van der Waals surface area contributed by atoms with Crippen LogP contribution in [-0.4, -0.2) is 59.2 Å². The lowest BCUT2D eigenvalue weighted by molar-refractivity contribution is -0.188. The van der Waals surface area contributed by atoms with Crippen LogP contribution in [0.2, 0.25) is 0 Å². The second-order valence-electron chi connectivity index (χ2n) is 8.20. The van der Waals surface area contributed by atoms with E-state index >= 15 is 0 Å². The lowest BCUT2D eigenvalue weighted by Crippen LogP contribution is -2.64. The van der Waals surface area contributed by atoms with Crippen molar-refractivity contribution in [3.63, 3.8) is 0 Å². The molecule has 1 unspecified atom stereocenters. The second-order valence-corrected chi connectivity index (χ2v) is 8.20. The minimum absolute atomic E-state index is 0.0510. The van der Waals surface area contributed by atoms with Gasteiger partial charge >= 0.3 is 36.9 Å². The van der Waals surface area contributed by atoms with Gasteiger partial charge in [-0.15, -0.1) is 0 Å². The van der Waals surface area contributed by atoms with E-state index in [0.29, 0.717) is 0 Å². The predicted molar refractivity (Wildman–Crippen MR) is 93.2 cm³/mol. The number of rotatable bonds is 13. The van der Waals surface area contributed by atoms with Crippen LogP contribution in [0.15, 0.2) is 0 Å². The van der Waals surface area contributed by atoms with Crippen LogP contribution in [0.5, 0.6) is 0 Å². The standard InChI is InChI=1S/C17H26F8N2O4/c1-9(4-5-26-12(28)29)6-14(2,3)15(27-13(30)31,7-16(22,23)10(18)19)8-17(24,25)11(20)21/h9-11,26-27H,4-8H2,1-3H3,(H,28,29)(H,30,31). The maximum Gasteiger partial charge on any atom is 0.405 e. The zero-order valence-electron chi connectivity index (χ0n) is 17.0. The lowest BCUT2D eigenvalue weighted by atomic mass is 9.62. The molecule has 0 saturated carbocycles. The summed E-state index contributed by atoms with van der Waals surface area (Å²) in [6.07, 6.45) is -16.8. The summed E-state index contributed by atoms with van der Waals surface area (Å²) >= 11 is 0. The third kappa shape index (κ3) is 8.56. The number of hydrogen-bond donors (Lipinski definition) is 4. The molecule has 0 aromatic rings. The van der Waals surface area contributed by atoms with Crippen molar-refractivity contribution in [2.75, 3.05) is 6.54 Å². The van der Waals surface area contributed by atoms with Crippen molar-refractivity contribution >= 4 is 12.2 Å². The van der Waals surface area contributed by atoms with Gasteiger partial charge in [-0.3, -0.25) is 0 Å². The van der Waals surface area contributed by atoms with Crippen LogP contribution in [0, 0.1) is 11.3 Å². The van der Waals surface area contributed by atoms with Crippen molar-refractivity contribution < 1.29 is 54.9 Å². The van der Waals surface area contributed by atoms with Gasteiger partial charge in [-0.05, 0) is 24.2 Å². The van der Waals surface area contributed by atoms with Crippen LogP contribution in [0.25, 0.3) is 0 Å². The van der Waals surface area contributed by atoms with Gasteiger partial charge in [-0.2, -0.15) is 0 Å². The first-order valence-corrected chi connectivity index (χ1v) is 9.08. The molecule has 0 heterocycles. The van der Waals surface area contributed by atoms with Crippen molar-refractivity contribution in [3.05, 3.63) is 0 Å². The van der Waals surface area contributed by atoms with Gasteiger partial charge in [-0.1, -0.05) is 20.8 Å². The molecular formula is C17H26F8N2O4. The summed E-state index contributed by atoms with van der Waals surface area (Å²) in [6, 6.07) is 0. The molecule has 0 rings (SSSR count). The molecule has 0 saturated heterocycles. The predicted octanol–water partition coefficient (Wildman–Crippen LogP) is 5.28. The molecule has 0 fully saturated rings. The third-order valence-electron chi connectivity index (χ3n) is 5.13. The summed E-state index contributed by atoms with van der Waals surface area (Å²) in [5, 5.41) is 21.0. The fourth-order valence-corrected chi connectivity index (χ4v) is 3.56. The van der Waals surface area contributed by atoms with E-state index in [2.05, 4.69) is 0 Å². The monoisotopic (exact) mass is 474 g/mol. The number of alkyl halides is 8. The van der Waals surface area contributed by atoms with E-state index in [1.165, 1.54) is 12.2 Å². The summed E-state index contributed by atoms with van der Waals surface area (Å²) in [7, 11) is 0. The lowest BCUT2D eigenvalue weighted by Gasteiger charge is -2.50. The highest BCUT2D eigenvalue weighted by Gasteiger charge is 2.60. The Morgan fingerprint density at radius 3 is 1.61 bits per heavy atom. The number of amides is 2. The van der Waals surface area contributed by atoms with E-state index in [1.807, 2.05) is 5.32 Å². The van der Waals surface area contributed by atoms with Crippen molar-refractivity contribution in [2.45, 2.75) is 76.7 Å². The smallest absolute Gasteiger partial charge is 0.405 e. The highest BCUT2D eigenvalue weighted by Crippen LogP contribution is 2.50. The fourth-order valence-electron chi connectivity index (χ4n) is 3.56. The highest BCUT2D eigenvalue weighted by atomic mass is 19.3. The molecule has 1 atom stereocenters. The van der Waals surface area contributed by atoms with Crippen LogP contribution >= 0.6 is 0 Å². The Morgan fingerprint density at radius 1 is 0.871 bits per heavy atom. The van der Waals surface area contributed by atoms with Gasteiger partial charge in [-0.25, -0.2) is 44.7 Å². The van der Waals surface area contributed by atoms with E-state index in [1.54, 1.807) is 0 Å². The number of hydrogen-bond acceptors (Lipinski definition) is 2. The van der Waals surface area contributed by atoms with Crippen molar-refractivity contribution in [3.8, 4) is 0 Å². The minimum atomic E-state index is -4.97. The summed E-state index contributed by atoms with van der Waals surface area (Å²) in [6.45, 7) is 3.36. The van der Waals surface area contributed by atoms with E-state index in [0.717, 1.165) is 13.8 Å². The fraction of sp³-hybridized carbons (Fsp3) is 0.882. The maximum atomic E-state index is 13.9. The summed E-state index contributed by atoms with van der Waals surface area (Å²) in [5.74, 6) is -10.5. The molecule has 0 bridgehead atoms. The zero-order valence-corrected chi connectivity index (χ0v) is 17.0. The van der Waals surface area contributed by atoms with E-state index in [9.17, 15) is 44.7 Å². The Kier molecular flexibility index (Phi) is 9.84. The SMILES string of the molecule is CC(CCNC(=O)O)CC(C)(C)C(CC(F)(F)C(F)F)(CC(F)(F)C(F)F)NC(=O)O. The average Bonchev–Trinajstić information content (AvgIpc) is 2.51. The maximum absolute atomic E-state index is 13.9. The largest absolute Gasteiger partial charge is 0.465 e. The normalized spacial score (nSPS) is 14.6. The molecule has 0 aliphatic carbocycles. The Morgan fingerprint density at radius 2 is 1.29 bits per heavy atom. The topological polar surface area (TPSA) is 98.7 Å². The van der Waals surface area contributed by atoms with Crippen molar-refractivity contribution in [1.82, 2.24) is 10.6 Å². The summed E-state index contributed by atoms with van der Waals surface area (Å²) in [5.41, 5.74) is -5.03. The Hall–Kier alpha value is -2.02. The van der Waals surface area contributed by atoms with Crippen LogP contribution in [0.1, 0.15) is 46.5 Å². The molecule has 31 heavy (non-hydrogen) atoms. The van der Waals surface area contributed by atoms with Crippen LogP contribution in [-0.2, 0) is 0 Å². The zero-order chi connectivity index (χ0) is 24.8. The molecule has 0 aliphatic rings. The summed E-state index contributed by atoms with van der Waals surface area (Å²) < 4.78 is 107. The molecule has 184 valence electrons. The van der Waals surface area contributed by atoms with Gasteiger partial charge < -0.3 is 20.8 Å². The molecule has 0 aromatic carbocycles. The quantitative estimate of drug-likeness (QED) is 0.273. The molecule has 14 heteroatoms. The first kappa shape index (κ1) is 29.0. The van der Waals surface area contributed by atoms with Crippen molar-refractivity contribution in [1.29, 1.82) is 0 Å². The molecule has 0 spiro atoms. The molecule has 0 aromatic heterocycles. The Bertz CT molecular complexity index is 595. The van der Waals surface area contributed by atoms with Gasteiger partial charge in [0.15, 0.2) is 0 Å². The Labute approximate surface area is 173 Å². The Balaban J connectivity index is 6.24. The van der Waals surface area contributed by atoms with Crippen LogP contribution in [0.4, 0.5) is 44.7 Å². The summed E-state index contributed by atoms with van der Waals surface area (Å²) in [4.78, 5) is 21.7. The first-order valence-electron chi connectivity index (χ1n) is 9.08. The number of carbonyl (C=O) groups is 2.